The third kappa shape index (κ3) is 3.70. The second-order valence-electron chi connectivity index (χ2n) is 5.54. The van der Waals surface area contributed by atoms with Crippen LogP contribution in [0, 0.1) is 5.92 Å². The van der Waals surface area contributed by atoms with Gasteiger partial charge in [-0.15, -0.1) is 0 Å². The minimum absolute atomic E-state index is 0.113. The standard InChI is InChI=1S/C15H22N2O2/c1-10(2)7-13(18)9-17-15(19)12-3-4-14-11(8-12)5-6-16-14/h3-4,8,10,13,16,18H,5-7,9H2,1-2H3,(H,17,19). The summed E-state index contributed by atoms with van der Waals surface area (Å²) in [5.74, 6) is 0.315. The van der Waals surface area contributed by atoms with Gasteiger partial charge in [0, 0.05) is 24.3 Å². The van der Waals surface area contributed by atoms with Crippen LogP contribution in [0.25, 0.3) is 0 Å². The van der Waals surface area contributed by atoms with Gasteiger partial charge < -0.3 is 15.7 Å². The molecule has 1 aliphatic heterocycles. The molecule has 1 aliphatic rings. The van der Waals surface area contributed by atoms with Crippen molar-refractivity contribution in [2.45, 2.75) is 32.8 Å². The highest BCUT2D eigenvalue weighted by molar-refractivity contribution is 5.95. The number of rotatable bonds is 5. The first-order chi connectivity index (χ1) is 9.06. The maximum Gasteiger partial charge on any atom is 0.251 e. The fourth-order valence-corrected chi connectivity index (χ4v) is 2.39. The van der Waals surface area contributed by atoms with E-state index in [-0.39, 0.29) is 5.91 Å². The third-order valence-corrected chi connectivity index (χ3v) is 3.32. The van der Waals surface area contributed by atoms with Crippen LogP contribution in [0.5, 0.6) is 0 Å². The first-order valence-corrected chi connectivity index (χ1v) is 6.89. The van der Waals surface area contributed by atoms with Crippen molar-refractivity contribution in [3.8, 4) is 0 Å². The van der Waals surface area contributed by atoms with E-state index < -0.39 is 6.10 Å². The van der Waals surface area contributed by atoms with E-state index in [9.17, 15) is 9.90 Å². The minimum atomic E-state index is -0.472. The number of hydrogen-bond donors (Lipinski definition) is 3. The highest BCUT2D eigenvalue weighted by Gasteiger charge is 2.14. The van der Waals surface area contributed by atoms with Crippen LogP contribution >= 0.6 is 0 Å². The van der Waals surface area contributed by atoms with E-state index >= 15 is 0 Å². The van der Waals surface area contributed by atoms with Crippen LogP contribution in [0.15, 0.2) is 18.2 Å². The van der Waals surface area contributed by atoms with Gasteiger partial charge in [0.25, 0.3) is 5.91 Å². The Morgan fingerprint density at radius 2 is 2.26 bits per heavy atom. The monoisotopic (exact) mass is 262 g/mol. The molecule has 4 nitrogen and oxygen atoms in total. The molecule has 0 aliphatic carbocycles. The van der Waals surface area contributed by atoms with Gasteiger partial charge in [-0.3, -0.25) is 4.79 Å². The number of nitrogens with one attached hydrogen (secondary N) is 2. The predicted molar refractivity (Wildman–Crippen MR) is 76.4 cm³/mol. The molecule has 0 bridgehead atoms. The van der Waals surface area contributed by atoms with Gasteiger partial charge in [-0.05, 0) is 42.5 Å². The van der Waals surface area contributed by atoms with E-state index in [0.717, 1.165) is 18.7 Å². The van der Waals surface area contributed by atoms with Crippen LogP contribution in [-0.4, -0.2) is 30.2 Å². The quantitative estimate of drug-likeness (QED) is 0.758. The summed E-state index contributed by atoms with van der Waals surface area (Å²) in [5.41, 5.74) is 2.98. The summed E-state index contributed by atoms with van der Waals surface area (Å²) in [5, 5.41) is 15.8. The zero-order chi connectivity index (χ0) is 13.8. The number of anilines is 1. The molecule has 0 fully saturated rings. The Morgan fingerprint density at radius 1 is 1.47 bits per heavy atom. The van der Waals surface area contributed by atoms with Crippen LogP contribution < -0.4 is 10.6 Å². The van der Waals surface area contributed by atoms with E-state index in [4.69, 9.17) is 0 Å². The number of carbonyl (C=O) groups excluding carboxylic acids is 1. The number of fused-ring (bicyclic) bond motifs is 1. The SMILES string of the molecule is CC(C)CC(O)CNC(=O)c1ccc2c(c1)CCN2. The summed E-state index contributed by atoms with van der Waals surface area (Å²) in [6, 6.07) is 5.70. The van der Waals surface area contributed by atoms with Gasteiger partial charge in [-0.2, -0.15) is 0 Å². The normalized spacial score (nSPS) is 14.9. The highest BCUT2D eigenvalue weighted by Crippen LogP contribution is 2.22. The van der Waals surface area contributed by atoms with Gasteiger partial charge in [0.05, 0.1) is 6.10 Å². The molecule has 0 saturated carbocycles. The van der Waals surface area contributed by atoms with Crippen LogP contribution in [0.2, 0.25) is 0 Å². The van der Waals surface area contributed by atoms with Gasteiger partial charge in [-0.1, -0.05) is 13.8 Å². The van der Waals surface area contributed by atoms with Crippen molar-refractivity contribution in [2.24, 2.45) is 5.92 Å². The molecule has 3 N–H and O–H groups in total. The van der Waals surface area contributed by atoms with Crippen LogP contribution in [0.1, 0.15) is 36.2 Å². The molecular formula is C15H22N2O2. The lowest BCUT2D eigenvalue weighted by Gasteiger charge is -2.14. The van der Waals surface area contributed by atoms with Gasteiger partial charge >= 0.3 is 0 Å². The number of aliphatic hydroxyl groups excluding tert-OH is 1. The van der Waals surface area contributed by atoms with E-state index in [1.54, 1.807) is 0 Å². The molecule has 1 heterocycles. The molecule has 0 saturated heterocycles. The molecule has 0 spiro atoms. The summed E-state index contributed by atoms with van der Waals surface area (Å²) < 4.78 is 0. The largest absolute Gasteiger partial charge is 0.391 e. The van der Waals surface area contributed by atoms with Crippen molar-refractivity contribution in [1.82, 2.24) is 5.32 Å². The Hall–Kier alpha value is -1.55. The van der Waals surface area contributed by atoms with Crippen molar-refractivity contribution >= 4 is 11.6 Å². The first-order valence-electron chi connectivity index (χ1n) is 6.89. The summed E-state index contributed by atoms with van der Waals surface area (Å²) >= 11 is 0. The van der Waals surface area contributed by atoms with E-state index in [1.165, 1.54) is 5.56 Å². The topological polar surface area (TPSA) is 61.4 Å². The molecule has 1 aromatic rings. The number of aliphatic hydroxyl groups is 1. The smallest absolute Gasteiger partial charge is 0.251 e. The number of carbonyl (C=O) groups is 1. The molecule has 0 aromatic heterocycles. The Kier molecular flexibility index (Phi) is 4.43. The Labute approximate surface area is 114 Å². The van der Waals surface area contributed by atoms with Crippen LogP contribution in [-0.2, 0) is 6.42 Å². The average molecular weight is 262 g/mol. The minimum Gasteiger partial charge on any atom is -0.391 e. The fraction of sp³-hybridized carbons (Fsp3) is 0.533. The lowest BCUT2D eigenvalue weighted by Crippen LogP contribution is -2.32. The number of hydrogen-bond acceptors (Lipinski definition) is 3. The maximum absolute atomic E-state index is 12.0. The van der Waals surface area contributed by atoms with Crippen LogP contribution in [0.4, 0.5) is 5.69 Å². The van der Waals surface area contributed by atoms with E-state index in [1.807, 2.05) is 18.2 Å². The Balaban J connectivity index is 1.90. The fourth-order valence-electron chi connectivity index (χ4n) is 2.39. The number of benzene rings is 1. The zero-order valence-electron chi connectivity index (χ0n) is 11.6. The van der Waals surface area contributed by atoms with Gasteiger partial charge in [-0.25, -0.2) is 0 Å². The van der Waals surface area contributed by atoms with Crippen molar-refractivity contribution in [3.63, 3.8) is 0 Å². The molecule has 1 atom stereocenters. The van der Waals surface area contributed by atoms with E-state index in [2.05, 4.69) is 24.5 Å². The Bertz CT molecular complexity index is 457. The zero-order valence-corrected chi connectivity index (χ0v) is 11.6. The lowest BCUT2D eigenvalue weighted by atomic mass is 10.1. The Morgan fingerprint density at radius 3 is 3.00 bits per heavy atom. The highest BCUT2D eigenvalue weighted by atomic mass is 16.3. The molecule has 19 heavy (non-hydrogen) atoms. The van der Waals surface area contributed by atoms with Crippen molar-refractivity contribution in [2.75, 3.05) is 18.4 Å². The van der Waals surface area contributed by atoms with Crippen molar-refractivity contribution in [1.29, 1.82) is 0 Å². The molecule has 1 amide bonds. The predicted octanol–water partition coefficient (Wildman–Crippen LogP) is 1.79. The first kappa shape index (κ1) is 13.9. The van der Waals surface area contributed by atoms with Gasteiger partial charge in [0.15, 0.2) is 0 Å². The summed E-state index contributed by atoms with van der Waals surface area (Å²) in [6.07, 6.45) is 1.20. The van der Waals surface area contributed by atoms with Gasteiger partial charge in [0.1, 0.15) is 0 Å². The third-order valence-electron chi connectivity index (χ3n) is 3.32. The molecular weight excluding hydrogens is 240 g/mol. The lowest BCUT2D eigenvalue weighted by molar-refractivity contribution is 0.0900. The van der Waals surface area contributed by atoms with Gasteiger partial charge in [0.2, 0.25) is 0 Å². The summed E-state index contributed by atoms with van der Waals surface area (Å²) in [6.45, 7) is 5.36. The second kappa shape index (κ2) is 6.06. The molecule has 0 radical (unpaired) electrons. The molecule has 4 heteroatoms. The maximum atomic E-state index is 12.0. The summed E-state index contributed by atoms with van der Waals surface area (Å²) in [7, 11) is 0. The van der Waals surface area contributed by atoms with E-state index in [0.29, 0.717) is 24.4 Å². The molecule has 104 valence electrons. The average Bonchev–Trinajstić information content (AvgIpc) is 2.82. The van der Waals surface area contributed by atoms with Crippen molar-refractivity contribution in [3.05, 3.63) is 29.3 Å². The molecule has 2 rings (SSSR count). The van der Waals surface area contributed by atoms with Crippen LogP contribution in [0.3, 0.4) is 0 Å². The summed E-state index contributed by atoms with van der Waals surface area (Å²) in [4.78, 5) is 12.0. The molecule has 1 unspecified atom stereocenters. The number of amides is 1. The van der Waals surface area contributed by atoms with Crippen molar-refractivity contribution < 1.29 is 9.90 Å². The molecule has 1 aromatic carbocycles. The second-order valence-corrected chi connectivity index (χ2v) is 5.54.